The minimum absolute atomic E-state index is 0.0728. The fraction of sp³-hybridized carbons (Fsp3) is 0.565. The number of rotatable bonds is 5. The van der Waals surface area contributed by atoms with E-state index in [0.29, 0.717) is 37.2 Å². The molecule has 3 aliphatic heterocycles. The summed E-state index contributed by atoms with van der Waals surface area (Å²) in [5, 5.41) is 11.7. The minimum atomic E-state index is -2.39. The van der Waals surface area contributed by atoms with Crippen molar-refractivity contribution < 1.29 is 34.5 Å². The molecule has 11 heteroatoms. The summed E-state index contributed by atoms with van der Waals surface area (Å²) in [5.74, 6) is -0.522. The van der Waals surface area contributed by atoms with Crippen LogP contribution in [0, 0.1) is 5.92 Å². The maximum Gasteiger partial charge on any atom is 0.407 e. The molecule has 2 N–H and O–H groups in total. The number of carbonyl (C=O) groups is 4. The van der Waals surface area contributed by atoms with Gasteiger partial charge in [0, 0.05) is 56.7 Å². The van der Waals surface area contributed by atoms with Crippen LogP contribution in [0.4, 0.5) is 15.3 Å². The second-order valence-corrected chi connectivity index (χ2v) is 8.86. The first-order valence-electron chi connectivity index (χ1n) is 13.1. The molecule has 0 aromatic heterocycles. The number of carboxylic acid groups (broad SMARTS) is 1. The highest BCUT2D eigenvalue weighted by atomic mass is 35.5. The minimum Gasteiger partial charge on any atom is -0.465 e. The van der Waals surface area contributed by atoms with Crippen LogP contribution in [-0.4, -0.2) is 84.2 Å². The molecular weight excluding hydrogens is 464 g/mol. The third-order valence-electron chi connectivity index (χ3n) is 6.15. The zero-order valence-electron chi connectivity index (χ0n) is 22.5. The zero-order valence-corrected chi connectivity index (χ0v) is 19.2. The number of nitrogens with one attached hydrogen (secondary N) is 1. The first kappa shape index (κ1) is 19.5. The molecule has 3 saturated heterocycles. The van der Waals surface area contributed by atoms with Crippen LogP contribution in [0.1, 0.15) is 47.9 Å². The monoisotopic (exact) mass is 496 g/mol. The first-order chi connectivity index (χ1) is 17.8. The number of anilines is 1. The van der Waals surface area contributed by atoms with Gasteiger partial charge >= 0.3 is 12.1 Å². The van der Waals surface area contributed by atoms with Crippen molar-refractivity contribution >= 4 is 41.2 Å². The van der Waals surface area contributed by atoms with Gasteiger partial charge in [-0.15, -0.1) is 0 Å². The standard InChI is InChI=1S/C23H29ClN4O6/c24-18-2-1-16(13-19(18)28-12-7-20(29)25-22(28)31)21(30)26-8-3-15(4-9-26)14-34-17-5-10-27(11-6-17)23(32)33/h1-2,13,15,17H,3-12,14H2,(H,32,33)(H,25,29,31)/i10D2,11D2. The predicted molar refractivity (Wildman–Crippen MR) is 124 cm³/mol. The lowest BCUT2D eigenvalue weighted by Crippen LogP contribution is -2.49. The summed E-state index contributed by atoms with van der Waals surface area (Å²) in [4.78, 5) is 51.4. The van der Waals surface area contributed by atoms with Crippen LogP contribution in [0.3, 0.4) is 0 Å². The summed E-state index contributed by atoms with van der Waals surface area (Å²) in [6.07, 6.45) is -1.59. The van der Waals surface area contributed by atoms with Gasteiger partial charge in [-0.3, -0.25) is 19.8 Å². The van der Waals surface area contributed by atoms with Crippen LogP contribution in [0.15, 0.2) is 18.2 Å². The molecule has 3 aliphatic rings. The third kappa shape index (κ3) is 5.61. The van der Waals surface area contributed by atoms with Gasteiger partial charge < -0.3 is 19.6 Å². The Bertz CT molecular complexity index is 1110. The Labute approximate surface area is 208 Å². The second kappa shape index (κ2) is 10.6. The van der Waals surface area contributed by atoms with E-state index < -0.39 is 31.2 Å². The van der Waals surface area contributed by atoms with Crippen LogP contribution in [0.5, 0.6) is 0 Å². The van der Waals surface area contributed by atoms with Gasteiger partial charge in [-0.1, -0.05) is 11.6 Å². The number of urea groups is 1. The number of hydrogen-bond donors (Lipinski definition) is 2. The Morgan fingerprint density at radius 2 is 1.82 bits per heavy atom. The normalized spacial score (nSPS) is 25.1. The molecule has 0 bridgehead atoms. The Kier molecular flexibility index (Phi) is 6.07. The molecule has 0 saturated carbocycles. The molecule has 0 atom stereocenters. The van der Waals surface area contributed by atoms with Gasteiger partial charge in [-0.05, 0) is 49.8 Å². The molecular formula is C23H29ClN4O6. The van der Waals surface area contributed by atoms with Crippen LogP contribution >= 0.6 is 11.6 Å². The first-order valence-corrected chi connectivity index (χ1v) is 11.5. The molecule has 1 aromatic carbocycles. The number of ether oxygens (including phenoxy) is 1. The maximum absolute atomic E-state index is 13.2. The summed E-state index contributed by atoms with van der Waals surface area (Å²) in [6.45, 7) is -3.48. The number of nitrogens with zero attached hydrogens (tertiary/aromatic N) is 3. The van der Waals surface area contributed by atoms with Gasteiger partial charge in [0.1, 0.15) is 0 Å². The molecule has 0 unspecified atom stereocenters. The molecule has 1 aromatic rings. The van der Waals surface area contributed by atoms with Crippen LogP contribution in [0.2, 0.25) is 5.02 Å². The Balaban J connectivity index is 1.32. The summed E-state index contributed by atoms with van der Waals surface area (Å²) in [5.41, 5.74) is 0.706. The SMILES string of the molecule is [2H]C1([2H])CC(OCC2CCN(C(=O)c3ccc(Cl)c(N4CCC(=O)NC4=O)c3)CC2)CC([2H])([2H])N1C(=O)O. The third-order valence-corrected chi connectivity index (χ3v) is 6.47. The van der Waals surface area contributed by atoms with E-state index >= 15 is 0 Å². The van der Waals surface area contributed by atoms with Gasteiger partial charge in [0.15, 0.2) is 0 Å². The second-order valence-electron chi connectivity index (χ2n) is 8.45. The lowest BCUT2D eigenvalue weighted by atomic mass is 9.97. The molecule has 5 amide bonds. The van der Waals surface area contributed by atoms with Crippen LogP contribution in [0.25, 0.3) is 0 Å². The van der Waals surface area contributed by atoms with E-state index in [1.807, 2.05) is 0 Å². The maximum atomic E-state index is 13.2. The summed E-state index contributed by atoms with van der Waals surface area (Å²) in [7, 11) is 0. The van der Waals surface area contributed by atoms with Crippen LogP contribution < -0.4 is 10.2 Å². The molecule has 34 heavy (non-hydrogen) atoms. The van der Waals surface area contributed by atoms with E-state index in [2.05, 4.69) is 5.32 Å². The molecule has 4 rings (SSSR count). The number of benzene rings is 1. The van der Waals surface area contributed by atoms with Gasteiger partial charge in [0.2, 0.25) is 5.91 Å². The van der Waals surface area contributed by atoms with E-state index in [4.69, 9.17) is 21.8 Å². The zero-order chi connectivity index (χ0) is 27.8. The Hall–Kier alpha value is -2.85. The van der Waals surface area contributed by atoms with Gasteiger partial charge in [-0.2, -0.15) is 0 Å². The van der Waals surface area contributed by atoms with E-state index in [1.54, 1.807) is 23.1 Å². The Morgan fingerprint density at radius 3 is 2.47 bits per heavy atom. The summed E-state index contributed by atoms with van der Waals surface area (Å²) in [6, 6.07) is 4.08. The van der Waals surface area contributed by atoms with Gasteiger partial charge in [0.05, 0.1) is 16.8 Å². The summed E-state index contributed by atoms with van der Waals surface area (Å²) < 4.78 is 37.8. The highest BCUT2D eigenvalue weighted by Crippen LogP contribution is 2.30. The quantitative estimate of drug-likeness (QED) is 0.646. The average Bonchev–Trinajstić information content (AvgIpc) is 2.81. The number of amides is 5. The topological polar surface area (TPSA) is 119 Å². The van der Waals surface area contributed by atoms with E-state index in [1.165, 1.54) is 4.90 Å². The highest BCUT2D eigenvalue weighted by molar-refractivity contribution is 6.34. The molecule has 184 valence electrons. The smallest absolute Gasteiger partial charge is 0.407 e. The Morgan fingerprint density at radius 1 is 1.12 bits per heavy atom. The van der Waals surface area contributed by atoms with E-state index in [9.17, 15) is 24.3 Å². The molecule has 3 heterocycles. The largest absolute Gasteiger partial charge is 0.465 e. The van der Waals surface area contributed by atoms with Crippen molar-refractivity contribution in [3.63, 3.8) is 0 Å². The summed E-state index contributed by atoms with van der Waals surface area (Å²) >= 11 is 6.27. The van der Waals surface area contributed by atoms with Crippen LogP contribution in [-0.2, 0) is 9.53 Å². The average molecular weight is 497 g/mol. The fourth-order valence-corrected chi connectivity index (χ4v) is 4.39. The number of piperidine rings is 2. The van der Waals surface area contributed by atoms with Crippen molar-refractivity contribution in [1.29, 1.82) is 0 Å². The number of hydrogen-bond acceptors (Lipinski definition) is 5. The van der Waals surface area contributed by atoms with E-state index in [0.717, 1.165) is 0 Å². The fourth-order valence-electron chi connectivity index (χ4n) is 4.17. The molecule has 3 fully saturated rings. The predicted octanol–water partition coefficient (Wildman–Crippen LogP) is 2.80. The van der Waals surface area contributed by atoms with Crippen molar-refractivity contribution in [1.82, 2.24) is 15.1 Å². The molecule has 0 spiro atoms. The van der Waals surface area contributed by atoms with Crippen molar-refractivity contribution in [3.8, 4) is 0 Å². The van der Waals surface area contributed by atoms with Crippen molar-refractivity contribution in [2.45, 2.75) is 38.2 Å². The number of carbonyl (C=O) groups excluding carboxylic acids is 3. The van der Waals surface area contributed by atoms with Gasteiger partial charge in [0.25, 0.3) is 5.91 Å². The van der Waals surface area contributed by atoms with E-state index in [-0.39, 0.29) is 60.1 Å². The number of imide groups is 1. The number of halogens is 1. The number of likely N-dealkylation sites (tertiary alicyclic amines) is 2. The van der Waals surface area contributed by atoms with Crippen molar-refractivity contribution in [2.24, 2.45) is 5.92 Å². The van der Waals surface area contributed by atoms with Gasteiger partial charge in [-0.25, -0.2) is 9.59 Å². The van der Waals surface area contributed by atoms with Crippen molar-refractivity contribution in [2.75, 3.05) is 44.1 Å². The molecule has 10 nitrogen and oxygen atoms in total. The van der Waals surface area contributed by atoms with Crippen molar-refractivity contribution in [3.05, 3.63) is 28.8 Å². The lowest BCUT2D eigenvalue weighted by Gasteiger charge is -2.34. The molecule has 0 radical (unpaired) electrons. The lowest BCUT2D eigenvalue weighted by molar-refractivity contribution is -0.120. The highest BCUT2D eigenvalue weighted by Gasteiger charge is 2.29. The molecule has 0 aliphatic carbocycles.